The standard InChI is InChI=1S/C5H8O2.C2H7N.ClH/c1-3-4(2)5(6)7;1-2-3;/h3H,1-2H3,(H,6,7);2-3H2,1H3;1H. The number of allylic oxidation sites excluding steroid dienone is 1. The first-order chi connectivity index (χ1) is 4.59. The van der Waals surface area contributed by atoms with Gasteiger partial charge in [-0.05, 0) is 20.4 Å². The van der Waals surface area contributed by atoms with Gasteiger partial charge in [-0.3, -0.25) is 0 Å². The lowest BCUT2D eigenvalue weighted by Gasteiger charge is -1.84. The van der Waals surface area contributed by atoms with Crippen molar-refractivity contribution >= 4 is 18.4 Å². The summed E-state index contributed by atoms with van der Waals surface area (Å²) in [6.07, 6.45) is 1.56. The fraction of sp³-hybridized carbons (Fsp3) is 0.571. The Morgan fingerprint density at radius 1 is 1.64 bits per heavy atom. The van der Waals surface area contributed by atoms with E-state index >= 15 is 0 Å². The minimum absolute atomic E-state index is 0. The molecule has 0 radical (unpaired) electrons. The number of aliphatic carboxylic acids is 1. The van der Waals surface area contributed by atoms with E-state index in [1.165, 1.54) is 0 Å². The Morgan fingerprint density at radius 2 is 1.91 bits per heavy atom. The molecule has 68 valence electrons. The molecule has 0 aromatic heterocycles. The molecule has 0 atom stereocenters. The summed E-state index contributed by atoms with van der Waals surface area (Å²) in [6.45, 7) is 5.91. The molecule has 0 saturated carbocycles. The summed E-state index contributed by atoms with van der Waals surface area (Å²) >= 11 is 0. The summed E-state index contributed by atoms with van der Waals surface area (Å²) in [4.78, 5) is 9.86. The number of hydrogen-bond donors (Lipinski definition) is 2. The first kappa shape index (κ1) is 16.8. The van der Waals surface area contributed by atoms with Crippen LogP contribution in [-0.2, 0) is 4.79 Å². The Kier molecular flexibility index (Phi) is 18.6. The number of rotatable bonds is 1. The van der Waals surface area contributed by atoms with Gasteiger partial charge in [-0.1, -0.05) is 13.0 Å². The van der Waals surface area contributed by atoms with Gasteiger partial charge in [0.15, 0.2) is 0 Å². The highest BCUT2D eigenvalue weighted by Crippen LogP contribution is 1.87. The van der Waals surface area contributed by atoms with Gasteiger partial charge in [0, 0.05) is 5.57 Å². The summed E-state index contributed by atoms with van der Waals surface area (Å²) in [5.74, 6) is -0.845. The molecule has 0 amide bonds. The number of halogens is 1. The van der Waals surface area contributed by atoms with Crippen LogP contribution in [0.3, 0.4) is 0 Å². The molecule has 3 nitrogen and oxygen atoms in total. The second-order valence-electron chi connectivity index (χ2n) is 1.69. The van der Waals surface area contributed by atoms with Gasteiger partial charge in [-0.2, -0.15) is 0 Å². The first-order valence-corrected chi connectivity index (χ1v) is 3.16. The minimum atomic E-state index is -0.845. The molecule has 0 saturated heterocycles. The zero-order valence-electron chi connectivity index (χ0n) is 7.13. The summed E-state index contributed by atoms with van der Waals surface area (Å²) in [5.41, 5.74) is 5.24. The Balaban J connectivity index is -0.000000140. The van der Waals surface area contributed by atoms with Crippen LogP contribution in [0.5, 0.6) is 0 Å². The fourth-order valence-corrected chi connectivity index (χ4v) is 0.123. The smallest absolute Gasteiger partial charge is 0.330 e. The van der Waals surface area contributed by atoms with Crippen molar-refractivity contribution in [2.24, 2.45) is 5.73 Å². The van der Waals surface area contributed by atoms with Gasteiger partial charge in [-0.25, -0.2) is 4.79 Å². The van der Waals surface area contributed by atoms with Crippen molar-refractivity contribution in [3.05, 3.63) is 11.6 Å². The molecule has 0 aliphatic rings. The van der Waals surface area contributed by atoms with Crippen LogP contribution >= 0.6 is 12.4 Å². The maximum Gasteiger partial charge on any atom is 0.330 e. The van der Waals surface area contributed by atoms with Crippen LogP contribution in [0.4, 0.5) is 0 Å². The lowest BCUT2D eigenvalue weighted by Crippen LogP contribution is -1.93. The van der Waals surface area contributed by atoms with Crippen molar-refractivity contribution in [1.29, 1.82) is 0 Å². The van der Waals surface area contributed by atoms with Crippen molar-refractivity contribution in [3.63, 3.8) is 0 Å². The Morgan fingerprint density at radius 3 is 1.91 bits per heavy atom. The van der Waals surface area contributed by atoms with Crippen molar-refractivity contribution < 1.29 is 9.90 Å². The molecule has 3 N–H and O–H groups in total. The van der Waals surface area contributed by atoms with Crippen LogP contribution < -0.4 is 5.73 Å². The lowest BCUT2D eigenvalue weighted by molar-refractivity contribution is -0.132. The molecule has 0 aromatic carbocycles. The number of nitrogens with two attached hydrogens (primary N) is 1. The average Bonchev–Trinajstić information content (AvgIpc) is 1.88. The maximum atomic E-state index is 9.86. The summed E-state index contributed by atoms with van der Waals surface area (Å²) in [7, 11) is 0. The first-order valence-electron chi connectivity index (χ1n) is 3.16. The zero-order valence-corrected chi connectivity index (χ0v) is 7.94. The van der Waals surface area contributed by atoms with Crippen molar-refractivity contribution in [3.8, 4) is 0 Å². The minimum Gasteiger partial charge on any atom is -0.478 e. The van der Waals surface area contributed by atoms with Gasteiger partial charge in [0.1, 0.15) is 0 Å². The van der Waals surface area contributed by atoms with E-state index < -0.39 is 5.97 Å². The van der Waals surface area contributed by atoms with Gasteiger partial charge in [0.25, 0.3) is 0 Å². The summed E-state index contributed by atoms with van der Waals surface area (Å²) < 4.78 is 0. The van der Waals surface area contributed by atoms with E-state index in [0.717, 1.165) is 6.54 Å². The second kappa shape index (κ2) is 12.2. The molecule has 0 aliphatic heterocycles. The molecule has 0 bridgehead atoms. The molecule has 0 fully saturated rings. The molecule has 11 heavy (non-hydrogen) atoms. The van der Waals surface area contributed by atoms with E-state index in [1.54, 1.807) is 19.9 Å². The predicted molar refractivity (Wildman–Crippen MR) is 49.0 cm³/mol. The van der Waals surface area contributed by atoms with Crippen LogP contribution in [0.25, 0.3) is 0 Å². The molecule has 0 spiro atoms. The van der Waals surface area contributed by atoms with E-state index in [-0.39, 0.29) is 12.4 Å². The largest absolute Gasteiger partial charge is 0.478 e. The zero-order chi connectivity index (χ0) is 8.57. The van der Waals surface area contributed by atoms with Gasteiger partial charge >= 0.3 is 5.97 Å². The van der Waals surface area contributed by atoms with Crippen LogP contribution in [0.15, 0.2) is 11.6 Å². The number of hydrogen-bond acceptors (Lipinski definition) is 2. The SMILES string of the molecule is CC=C(C)C(=O)O.CCN.Cl. The van der Waals surface area contributed by atoms with E-state index in [0.29, 0.717) is 5.57 Å². The Hall–Kier alpha value is -0.540. The Bertz CT molecular complexity index is 124. The van der Waals surface area contributed by atoms with Gasteiger partial charge in [-0.15, -0.1) is 12.4 Å². The van der Waals surface area contributed by atoms with E-state index in [4.69, 9.17) is 10.8 Å². The molecule has 0 unspecified atom stereocenters. The topological polar surface area (TPSA) is 63.3 Å². The quantitative estimate of drug-likeness (QED) is 0.602. The van der Waals surface area contributed by atoms with E-state index in [2.05, 4.69) is 0 Å². The highest BCUT2D eigenvalue weighted by Gasteiger charge is 1.93. The average molecular weight is 182 g/mol. The van der Waals surface area contributed by atoms with Gasteiger partial charge < -0.3 is 10.8 Å². The van der Waals surface area contributed by atoms with Crippen molar-refractivity contribution in [1.82, 2.24) is 0 Å². The molecule has 0 heterocycles. The third kappa shape index (κ3) is 17.7. The highest BCUT2D eigenvalue weighted by molar-refractivity contribution is 5.85. The van der Waals surface area contributed by atoms with Gasteiger partial charge in [0.05, 0.1) is 0 Å². The summed E-state index contributed by atoms with van der Waals surface area (Å²) in [6, 6.07) is 0. The third-order valence-corrected chi connectivity index (χ3v) is 0.770. The third-order valence-electron chi connectivity index (χ3n) is 0.770. The molecule has 0 rings (SSSR count). The van der Waals surface area contributed by atoms with Crippen LogP contribution in [0.2, 0.25) is 0 Å². The number of carboxylic acid groups (broad SMARTS) is 1. The molecular weight excluding hydrogens is 166 g/mol. The van der Waals surface area contributed by atoms with E-state index in [9.17, 15) is 4.79 Å². The van der Waals surface area contributed by atoms with Crippen LogP contribution in [0, 0.1) is 0 Å². The maximum absolute atomic E-state index is 9.86. The lowest BCUT2D eigenvalue weighted by atomic mass is 10.3. The van der Waals surface area contributed by atoms with Crippen molar-refractivity contribution in [2.75, 3.05) is 6.54 Å². The monoisotopic (exact) mass is 181 g/mol. The number of carboxylic acids is 1. The fourth-order valence-electron chi connectivity index (χ4n) is 0.123. The normalized spacial score (nSPS) is 8.91. The number of carbonyl (C=O) groups is 1. The van der Waals surface area contributed by atoms with Crippen LogP contribution in [-0.4, -0.2) is 17.6 Å². The molecule has 0 aliphatic carbocycles. The van der Waals surface area contributed by atoms with Crippen molar-refractivity contribution in [2.45, 2.75) is 20.8 Å². The predicted octanol–water partition coefficient (Wildman–Crippen LogP) is 1.42. The summed E-state index contributed by atoms with van der Waals surface area (Å²) in [5, 5.41) is 8.11. The highest BCUT2D eigenvalue weighted by atomic mass is 35.5. The van der Waals surface area contributed by atoms with Gasteiger partial charge in [0.2, 0.25) is 0 Å². The molecule has 4 heteroatoms. The molecular formula is C7H16ClNO2. The van der Waals surface area contributed by atoms with Crippen LogP contribution in [0.1, 0.15) is 20.8 Å². The molecule has 0 aromatic rings. The Labute approximate surface area is 73.7 Å². The second-order valence-corrected chi connectivity index (χ2v) is 1.69. The van der Waals surface area contributed by atoms with E-state index in [1.807, 2.05) is 6.92 Å².